The first-order valence-corrected chi connectivity index (χ1v) is 14.2. The molecule has 0 spiro atoms. The molecule has 2 amide bonds. The number of hydrogen-bond acceptors (Lipinski definition) is 4. The third-order valence-corrected chi connectivity index (χ3v) is 7.76. The van der Waals surface area contributed by atoms with Gasteiger partial charge in [-0.15, -0.1) is 0 Å². The lowest BCUT2D eigenvalue weighted by Crippen LogP contribution is -2.54. The van der Waals surface area contributed by atoms with E-state index in [2.05, 4.69) is 5.32 Å². The molecule has 0 aliphatic heterocycles. The maximum atomic E-state index is 13.7. The topological polar surface area (TPSA) is 86.8 Å². The molecule has 0 heterocycles. The maximum Gasteiger partial charge on any atom is 0.244 e. The van der Waals surface area contributed by atoms with E-state index in [4.69, 9.17) is 0 Å². The van der Waals surface area contributed by atoms with Gasteiger partial charge in [0.05, 0.1) is 11.9 Å². The molecule has 35 heavy (non-hydrogen) atoms. The van der Waals surface area contributed by atoms with Crippen molar-refractivity contribution in [2.24, 2.45) is 0 Å². The molecule has 0 unspecified atom stereocenters. The fourth-order valence-corrected chi connectivity index (χ4v) is 5.61. The third-order valence-electron chi connectivity index (χ3n) is 6.64. The number of hydrogen-bond donors (Lipinski definition) is 1. The quantitative estimate of drug-likeness (QED) is 0.511. The van der Waals surface area contributed by atoms with Crippen molar-refractivity contribution in [3.63, 3.8) is 0 Å². The van der Waals surface area contributed by atoms with E-state index in [0.717, 1.165) is 47.4 Å². The van der Waals surface area contributed by atoms with Gasteiger partial charge in [-0.2, -0.15) is 0 Å². The summed E-state index contributed by atoms with van der Waals surface area (Å²) in [6.07, 6.45) is 6.22. The van der Waals surface area contributed by atoms with Gasteiger partial charge in [0, 0.05) is 12.6 Å². The van der Waals surface area contributed by atoms with Gasteiger partial charge >= 0.3 is 0 Å². The van der Waals surface area contributed by atoms with Gasteiger partial charge in [-0.05, 0) is 49.8 Å². The number of aryl methyl sites for hydroxylation is 1. The second-order valence-electron chi connectivity index (χ2n) is 9.29. The number of carbonyl (C=O) groups is 2. The average Bonchev–Trinajstić information content (AvgIpc) is 3.33. The lowest BCUT2D eigenvalue weighted by Gasteiger charge is -2.33. The van der Waals surface area contributed by atoms with E-state index in [9.17, 15) is 18.0 Å². The Balaban J connectivity index is 1.87. The van der Waals surface area contributed by atoms with Crippen LogP contribution in [0.15, 0.2) is 54.6 Å². The van der Waals surface area contributed by atoms with E-state index in [0.29, 0.717) is 25.1 Å². The minimum atomic E-state index is -3.72. The third kappa shape index (κ3) is 7.31. The standard InChI is InChI=1S/C27H37N3O4S/c1-4-24(27(32)28-23-15-9-10-16-23)29(19-18-22-13-6-5-7-14-22)26(31)20-30(35(3,33)34)25-17-11-8-12-21(25)2/h5-8,11-14,17,23-24H,4,9-10,15-16,18-20H2,1-3H3,(H,28,32)/t24-/m0/s1. The molecule has 1 aliphatic carbocycles. The van der Waals surface area contributed by atoms with Crippen molar-refractivity contribution in [3.05, 3.63) is 65.7 Å². The minimum Gasteiger partial charge on any atom is -0.352 e. The Bertz CT molecular complexity index is 1100. The van der Waals surface area contributed by atoms with Crippen molar-refractivity contribution in [2.75, 3.05) is 23.7 Å². The van der Waals surface area contributed by atoms with Gasteiger partial charge in [-0.1, -0.05) is 68.3 Å². The Kier molecular flexibility index (Phi) is 9.32. The normalized spacial score (nSPS) is 14.9. The van der Waals surface area contributed by atoms with Gasteiger partial charge in [0.25, 0.3) is 0 Å². The molecule has 7 nitrogen and oxygen atoms in total. The van der Waals surface area contributed by atoms with Gasteiger partial charge in [0.2, 0.25) is 21.8 Å². The summed E-state index contributed by atoms with van der Waals surface area (Å²) in [6.45, 7) is 3.67. The Hall–Kier alpha value is -2.87. The molecule has 1 fully saturated rings. The van der Waals surface area contributed by atoms with Crippen LogP contribution in [0.5, 0.6) is 0 Å². The first-order valence-electron chi connectivity index (χ1n) is 12.4. The zero-order valence-corrected chi connectivity index (χ0v) is 21.8. The highest BCUT2D eigenvalue weighted by atomic mass is 32.2. The highest BCUT2D eigenvalue weighted by molar-refractivity contribution is 7.92. The number of carbonyl (C=O) groups excluding carboxylic acids is 2. The number of para-hydroxylation sites is 1. The molecule has 1 saturated carbocycles. The lowest BCUT2D eigenvalue weighted by atomic mass is 10.1. The van der Waals surface area contributed by atoms with E-state index in [1.807, 2.05) is 56.3 Å². The predicted molar refractivity (Wildman–Crippen MR) is 140 cm³/mol. The van der Waals surface area contributed by atoms with Crippen LogP contribution in [0.25, 0.3) is 0 Å². The fraction of sp³-hybridized carbons (Fsp3) is 0.481. The van der Waals surface area contributed by atoms with E-state index in [1.165, 1.54) is 0 Å². The average molecular weight is 500 g/mol. The summed E-state index contributed by atoms with van der Waals surface area (Å²) in [5.41, 5.74) is 2.28. The predicted octanol–water partition coefficient (Wildman–Crippen LogP) is 3.67. The van der Waals surface area contributed by atoms with E-state index in [1.54, 1.807) is 17.0 Å². The smallest absolute Gasteiger partial charge is 0.244 e. The molecule has 1 aliphatic rings. The second kappa shape index (κ2) is 12.2. The van der Waals surface area contributed by atoms with Crippen LogP contribution in [-0.2, 0) is 26.0 Å². The van der Waals surface area contributed by atoms with Crippen LogP contribution in [0.2, 0.25) is 0 Å². The van der Waals surface area contributed by atoms with Gasteiger partial charge in [0.1, 0.15) is 12.6 Å². The number of sulfonamides is 1. The SMILES string of the molecule is CC[C@@H](C(=O)NC1CCCC1)N(CCc1ccccc1)C(=O)CN(c1ccccc1C)S(C)(=O)=O. The Labute approximate surface area is 209 Å². The van der Waals surface area contributed by atoms with Gasteiger partial charge < -0.3 is 10.2 Å². The number of benzene rings is 2. The summed E-state index contributed by atoms with van der Waals surface area (Å²) in [5.74, 6) is -0.550. The zero-order chi connectivity index (χ0) is 25.4. The summed E-state index contributed by atoms with van der Waals surface area (Å²) in [7, 11) is -3.72. The monoisotopic (exact) mass is 499 g/mol. The van der Waals surface area contributed by atoms with Crippen molar-refractivity contribution >= 4 is 27.5 Å². The van der Waals surface area contributed by atoms with Crippen LogP contribution >= 0.6 is 0 Å². The van der Waals surface area contributed by atoms with Crippen molar-refractivity contribution in [2.45, 2.75) is 64.5 Å². The molecule has 190 valence electrons. The van der Waals surface area contributed by atoms with Gasteiger partial charge in [-0.3, -0.25) is 13.9 Å². The van der Waals surface area contributed by atoms with Crippen molar-refractivity contribution < 1.29 is 18.0 Å². The van der Waals surface area contributed by atoms with Crippen LogP contribution < -0.4 is 9.62 Å². The van der Waals surface area contributed by atoms with E-state index in [-0.39, 0.29) is 24.4 Å². The summed E-state index contributed by atoms with van der Waals surface area (Å²) in [5, 5.41) is 3.12. The van der Waals surface area contributed by atoms with Crippen molar-refractivity contribution in [1.29, 1.82) is 0 Å². The molecule has 8 heteroatoms. The van der Waals surface area contributed by atoms with Crippen LogP contribution in [0.3, 0.4) is 0 Å². The molecule has 0 aromatic heterocycles. The van der Waals surface area contributed by atoms with Crippen molar-refractivity contribution in [1.82, 2.24) is 10.2 Å². The highest BCUT2D eigenvalue weighted by Gasteiger charge is 2.32. The number of nitrogens with zero attached hydrogens (tertiary/aromatic N) is 2. The molecular weight excluding hydrogens is 462 g/mol. The Morgan fingerprint density at radius 2 is 1.66 bits per heavy atom. The van der Waals surface area contributed by atoms with E-state index >= 15 is 0 Å². The summed E-state index contributed by atoms with van der Waals surface area (Å²) < 4.78 is 26.5. The summed E-state index contributed by atoms with van der Waals surface area (Å²) in [4.78, 5) is 28.5. The first kappa shape index (κ1) is 26.7. The first-order chi connectivity index (χ1) is 16.7. The van der Waals surface area contributed by atoms with Crippen LogP contribution in [0.1, 0.15) is 50.2 Å². The molecule has 3 rings (SSSR count). The second-order valence-corrected chi connectivity index (χ2v) is 11.2. The molecule has 1 atom stereocenters. The van der Waals surface area contributed by atoms with Gasteiger partial charge in [0.15, 0.2) is 0 Å². The van der Waals surface area contributed by atoms with E-state index < -0.39 is 16.1 Å². The zero-order valence-electron chi connectivity index (χ0n) is 20.9. The molecule has 1 N–H and O–H groups in total. The van der Waals surface area contributed by atoms with Crippen LogP contribution in [0, 0.1) is 6.92 Å². The summed E-state index contributed by atoms with van der Waals surface area (Å²) in [6, 6.07) is 16.4. The maximum absolute atomic E-state index is 13.7. The molecular formula is C27H37N3O4S. The summed E-state index contributed by atoms with van der Waals surface area (Å²) >= 11 is 0. The highest BCUT2D eigenvalue weighted by Crippen LogP contribution is 2.23. The largest absolute Gasteiger partial charge is 0.352 e. The lowest BCUT2D eigenvalue weighted by molar-refractivity contribution is -0.139. The van der Waals surface area contributed by atoms with Crippen LogP contribution in [-0.4, -0.2) is 56.6 Å². The Morgan fingerprint density at radius 1 is 1.03 bits per heavy atom. The number of amides is 2. The van der Waals surface area contributed by atoms with Crippen molar-refractivity contribution in [3.8, 4) is 0 Å². The molecule has 2 aromatic rings. The molecule has 0 saturated heterocycles. The minimum absolute atomic E-state index is 0.141. The fourth-order valence-electron chi connectivity index (χ4n) is 4.70. The molecule has 0 bridgehead atoms. The number of nitrogens with one attached hydrogen (secondary N) is 1. The number of anilines is 1. The van der Waals surface area contributed by atoms with Gasteiger partial charge in [-0.25, -0.2) is 8.42 Å². The number of rotatable bonds is 11. The molecule has 0 radical (unpaired) electrons. The molecule has 2 aromatic carbocycles. The Morgan fingerprint density at radius 3 is 2.26 bits per heavy atom. The van der Waals surface area contributed by atoms with Crippen LogP contribution in [0.4, 0.5) is 5.69 Å².